The first-order valence-electron chi connectivity index (χ1n) is 9.89. The van der Waals surface area contributed by atoms with Crippen molar-refractivity contribution in [3.63, 3.8) is 0 Å². The number of rotatable bonds is 8. The van der Waals surface area contributed by atoms with Crippen LogP contribution in [0.2, 0.25) is 0 Å². The van der Waals surface area contributed by atoms with Crippen molar-refractivity contribution in [3.05, 3.63) is 33.1 Å². The molecule has 0 radical (unpaired) electrons. The van der Waals surface area contributed by atoms with Gasteiger partial charge in [-0.15, -0.1) is 0 Å². The van der Waals surface area contributed by atoms with E-state index in [9.17, 15) is 64.3 Å². The fourth-order valence-electron chi connectivity index (χ4n) is 3.64. The molecule has 23 heteroatoms. The molecule has 8 N–H and O–H groups in total. The Hall–Kier alpha value is 0.620. The molecule has 19 nitrogen and oxygen atoms in total. The molecule has 206 valence electrons. The number of aromatic amines is 1. The Morgan fingerprint density at radius 2 is 1.63 bits per heavy atom. The first-order chi connectivity index (χ1) is 16.6. The van der Waals surface area contributed by atoms with Crippen LogP contribution in [0, 0.1) is 0 Å². The van der Waals surface area contributed by atoms with Crippen molar-refractivity contribution in [3.8, 4) is 0 Å². The minimum atomic E-state index is -6.30. The molecule has 3 heterocycles. The number of aliphatic hydroxyl groups excluding tert-OH is 7. The Bertz CT molecular complexity index is 1160. The number of ether oxygens (including phenoxy) is 2. The van der Waals surface area contributed by atoms with E-state index in [-0.39, 0.29) is 59.1 Å². The van der Waals surface area contributed by atoms with Gasteiger partial charge in [0.1, 0.15) is 36.6 Å². The summed E-state index contributed by atoms with van der Waals surface area (Å²) in [6, 6.07) is 0.883. The van der Waals surface area contributed by atoms with Crippen LogP contribution in [0.4, 0.5) is 0 Å². The van der Waals surface area contributed by atoms with Gasteiger partial charge in [0.05, 0.1) is 21.0 Å². The van der Waals surface area contributed by atoms with Crippen LogP contribution < -0.4 is 80.2 Å². The summed E-state index contributed by atoms with van der Waals surface area (Å²) in [7, 11) is -12.1. The second kappa shape index (κ2) is 13.7. The van der Waals surface area contributed by atoms with E-state index in [4.69, 9.17) is 14.0 Å². The van der Waals surface area contributed by atoms with E-state index in [1.807, 2.05) is 4.98 Å². The molecule has 0 amide bonds. The Morgan fingerprint density at radius 1 is 1.03 bits per heavy atom. The van der Waals surface area contributed by atoms with Gasteiger partial charge in [-0.3, -0.25) is 23.2 Å². The van der Waals surface area contributed by atoms with Crippen LogP contribution in [0.25, 0.3) is 0 Å². The zero-order valence-electron chi connectivity index (χ0n) is 19.7. The molecule has 38 heavy (non-hydrogen) atoms. The van der Waals surface area contributed by atoms with Gasteiger partial charge in [-0.1, -0.05) is 0 Å². The molecule has 2 saturated heterocycles. The van der Waals surface area contributed by atoms with Crippen LogP contribution in [0.1, 0.15) is 6.23 Å². The van der Waals surface area contributed by atoms with Gasteiger partial charge in [0.2, 0.25) is 5.34 Å². The molecular formula is C15H22N2Na2O17P2. The minimum absolute atomic E-state index is 0. The average molecular weight is 610 g/mol. The zero-order chi connectivity index (χ0) is 27.2. The topological polar surface area (TPSA) is 314 Å². The predicted octanol–water partition coefficient (Wildman–Crippen LogP) is -12.7. The molecule has 0 spiro atoms. The van der Waals surface area contributed by atoms with Crippen molar-refractivity contribution in [1.82, 2.24) is 9.55 Å². The number of nitrogens with one attached hydrogen (secondary N) is 1. The maximum absolute atomic E-state index is 13.5. The summed E-state index contributed by atoms with van der Waals surface area (Å²) >= 11 is 0. The Morgan fingerprint density at radius 3 is 2.16 bits per heavy atom. The van der Waals surface area contributed by atoms with Crippen molar-refractivity contribution in [2.75, 3.05) is 13.2 Å². The van der Waals surface area contributed by atoms with E-state index >= 15 is 0 Å². The van der Waals surface area contributed by atoms with E-state index in [1.165, 1.54) is 0 Å². The van der Waals surface area contributed by atoms with Gasteiger partial charge >= 0.3 is 72.4 Å². The first-order valence-corrected chi connectivity index (χ1v) is 12.9. The first kappa shape index (κ1) is 36.6. The van der Waals surface area contributed by atoms with Gasteiger partial charge in [-0.25, -0.2) is 4.79 Å². The van der Waals surface area contributed by atoms with E-state index in [2.05, 4.69) is 4.31 Å². The Kier molecular flexibility index (Phi) is 13.2. The second-order valence-corrected chi connectivity index (χ2v) is 11.4. The smallest absolute Gasteiger partial charge is 0.789 e. The number of phosphoric acid groups is 1. The van der Waals surface area contributed by atoms with E-state index < -0.39 is 94.4 Å². The molecule has 2 aliphatic rings. The van der Waals surface area contributed by atoms with Gasteiger partial charge in [0, 0.05) is 12.3 Å². The number of aromatic nitrogens is 2. The molecule has 2 aliphatic heterocycles. The largest absolute Gasteiger partial charge is 1.00 e. The van der Waals surface area contributed by atoms with Crippen molar-refractivity contribution in [1.29, 1.82) is 0 Å². The van der Waals surface area contributed by atoms with Gasteiger partial charge < -0.3 is 64.1 Å². The second-order valence-electron chi connectivity index (χ2n) is 7.82. The van der Waals surface area contributed by atoms with Crippen molar-refractivity contribution in [2.24, 2.45) is 0 Å². The summed E-state index contributed by atoms with van der Waals surface area (Å²) in [5.74, 6) is 0. The number of hydrogen-bond acceptors (Lipinski definition) is 17. The van der Waals surface area contributed by atoms with Crippen LogP contribution in [0.5, 0.6) is 0 Å². The van der Waals surface area contributed by atoms with E-state index in [0.29, 0.717) is 4.57 Å². The third kappa shape index (κ3) is 7.15. The summed E-state index contributed by atoms with van der Waals surface area (Å²) in [6.07, 6.45) is -16.2. The molecule has 0 bridgehead atoms. The maximum Gasteiger partial charge on any atom is 1.00 e. The molecule has 0 saturated carbocycles. The third-order valence-electron chi connectivity index (χ3n) is 5.52. The number of nitrogens with zero attached hydrogens (tertiary/aromatic N) is 1. The number of H-pyrrole nitrogens is 1. The molecule has 1 unspecified atom stereocenters. The molecule has 10 atom stereocenters. The van der Waals surface area contributed by atoms with Gasteiger partial charge in [0.25, 0.3) is 5.56 Å². The van der Waals surface area contributed by atoms with Crippen LogP contribution in [-0.4, -0.2) is 107 Å². The van der Waals surface area contributed by atoms with Gasteiger partial charge in [-0.2, -0.15) is 0 Å². The fraction of sp³-hybridized carbons (Fsp3) is 0.733. The molecule has 0 aromatic carbocycles. The van der Waals surface area contributed by atoms with E-state index in [1.54, 1.807) is 0 Å². The van der Waals surface area contributed by atoms with Crippen molar-refractivity contribution >= 4 is 15.4 Å². The summed E-state index contributed by atoms with van der Waals surface area (Å²) in [5.41, 5.74) is -1.86. The van der Waals surface area contributed by atoms with Crippen LogP contribution in [-0.2, 0) is 27.4 Å². The van der Waals surface area contributed by atoms with Crippen LogP contribution >= 0.6 is 15.4 Å². The van der Waals surface area contributed by atoms with Gasteiger partial charge in [-0.05, 0) is 0 Å². The van der Waals surface area contributed by atoms with Gasteiger partial charge in [0.15, 0.2) is 12.5 Å². The maximum atomic E-state index is 13.5. The normalized spacial score (nSPS) is 37.1. The van der Waals surface area contributed by atoms with Crippen molar-refractivity contribution < 1.29 is 132 Å². The molecule has 3 rings (SSSR count). The SMILES string of the molecule is O=c1ccn([C@@H]2O[C@H](COP(=O)(OP(=O)([O-])[O-])[C@]3(CO)O[C@H](O)[C@H](O)[C@@H](O)[C@H]3O)[C@@H](O)[C@H]2O)c(=O)[nH]1.[Na+].[Na+]. The summed E-state index contributed by atoms with van der Waals surface area (Å²) in [6.45, 7) is -2.94. The Balaban J connectivity index is 0.00000361. The summed E-state index contributed by atoms with van der Waals surface area (Å²) in [4.78, 5) is 47.7. The average Bonchev–Trinajstić information content (AvgIpc) is 3.06. The van der Waals surface area contributed by atoms with Crippen LogP contribution in [0.3, 0.4) is 0 Å². The molecular weight excluding hydrogens is 588 g/mol. The quantitative estimate of drug-likeness (QED) is 0.100. The number of hydrogen-bond donors (Lipinski definition) is 8. The summed E-state index contributed by atoms with van der Waals surface area (Å²) < 4.78 is 44.2. The predicted molar refractivity (Wildman–Crippen MR) is 104 cm³/mol. The molecule has 1 aromatic heterocycles. The van der Waals surface area contributed by atoms with Crippen LogP contribution in [0.15, 0.2) is 21.9 Å². The fourth-order valence-corrected chi connectivity index (χ4v) is 6.89. The van der Waals surface area contributed by atoms with E-state index in [0.717, 1.165) is 12.3 Å². The zero-order valence-corrected chi connectivity index (χ0v) is 25.5. The van der Waals surface area contributed by atoms with Crippen molar-refractivity contribution in [2.45, 2.75) is 54.5 Å². The number of aliphatic hydroxyl groups is 7. The summed E-state index contributed by atoms with van der Waals surface area (Å²) in [5, 5.41) is 66.7. The third-order valence-corrected chi connectivity index (χ3v) is 9.11. The molecule has 0 aliphatic carbocycles. The standard InChI is InChI=1S/C15H24N2O17P2.2Na/c18-4-15(11(24)8(21)10(23)13(25)33-15)35(27,34-36(28,29)30)31-3-5-7(20)9(22)12(32-5)17-2-1-6(19)16-14(17)26;;/h1-2,5,7-13,18,20-25H,3-4H2,(H,16,19,26)(H2,28,29,30);;/q;2*+1/p-2/t5-,7-,8-,9-,10-,11-,12-,13+,15+,35?;;/m1../s1. The minimum Gasteiger partial charge on any atom is -0.789 e. The monoisotopic (exact) mass is 610 g/mol. The molecule has 2 fully saturated rings. The Labute approximate surface area is 256 Å². The molecule has 1 aromatic rings.